The average Bonchev–Trinajstić information content (AvgIpc) is 2.67. The van der Waals surface area contributed by atoms with Crippen molar-refractivity contribution in [3.8, 4) is 0 Å². The Labute approximate surface area is 111 Å². The highest BCUT2D eigenvalue weighted by molar-refractivity contribution is 5.94. The molecule has 0 saturated heterocycles. The molecule has 19 heavy (non-hydrogen) atoms. The highest BCUT2D eigenvalue weighted by Gasteiger charge is 2.37. The molecule has 1 saturated carbocycles. The largest absolute Gasteiger partial charge is 0.329 e. The van der Waals surface area contributed by atoms with Crippen LogP contribution in [-0.2, 0) is 4.79 Å². The number of nitrogens with one attached hydrogen (secondary N) is 2. The normalized spacial score (nSPS) is 18.6. The van der Waals surface area contributed by atoms with Crippen LogP contribution in [0, 0.1) is 5.41 Å². The van der Waals surface area contributed by atoms with Crippen LogP contribution in [-0.4, -0.2) is 22.6 Å². The first-order valence-electron chi connectivity index (χ1n) is 6.74. The predicted molar refractivity (Wildman–Crippen MR) is 72.7 cm³/mol. The van der Waals surface area contributed by atoms with Crippen molar-refractivity contribution in [3.63, 3.8) is 0 Å². The van der Waals surface area contributed by atoms with Crippen LogP contribution < -0.4 is 16.6 Å². The van der Waals surface area contributed by atoms with Crippen LogP contribution in [0.5, 0.6) is 0 Å². The van der Waals surface area contributed by atoms with E-state index in [-0.39, 0.29) is 11.5 Å². The van der Waals surface area contributed by atoms with Gasteiger partial charge in [-0.25, -0.2) is 5.10 Å². The number of H-pyrrole nitrogens is 1. The summed E-state index contributed by atoms with van der Waals surface area (Å²) in [6, 6.07) is 2.84. The van der Waals surface area contributed by atoms with Crippen LogP contribution in [0.25, 0.3) is 0 Å². The lowest BCUT2D eigenvalue weighted by Crippen LogP contribution is -2.42. The molecule has 0 aromatic carbocycles. The molecular formula is C13H20N4O2. The summed E-state index contributed by atoms with van der Waals surface area (Å²) in [5, 5.41) is 8.85. The van der Waals surface area contributed by atoms with Crippen LogP contribution in [0.4, 0.5) is 5.82 Å². The molecule has 1 fully saturated rings. The maximum atomic E-state index is 12.4. The molecular weight excluding hydrogens is 244 g/mol. The van der Waals surface area contributed by atoms with Gasteiger partial charge in [0.05, 0.1) is 5.41 Å². The molecule has 0 unspecified atom stereocenters. The summed E-state index contributed by atoms with van der Waals surface area (Å²) in [6.45, 7) is 0.349. The van der Waals surface area contributed by atoms with Crippen molar-refractivity contribution in [2.24, 2.45) is 11.1 Å². The van der Waals surface area contributed by atoms with Gasteiger partial charge >= 0.3 is 0 Å². The molecule has 1 heterocycles. The lowest BCUT2D eigenvalue weighted by Gasteiger charge is -2.29. The molecule has 0 spiro atoms. The topological polar surface area (TPSA) is 101 Å². The number of carbonyl (C=O) groups is 1. The zero-order valence-electron chi connectivity index (χ0n) is 10.9. The van der Waals surface area contributed by atoms with Crippen LogP contribution in [0.3, 0.4) is 0 Å². The summed E-state index contributed by atoms with van der Waals surface area (Å²) < 4.78 is 0. The molecule has 1 aromatic rings. The van der Waals surface area contributed by atoms with Gasteiger partial charge in [-0.1, -0.05) is 25.7 Å². The second kappa shape index (κ2) is 5.97. The number of nitrogens with two attached hydrogens (primary N) is 1. The van der Waals surface area contributed by atoms with Crippen LogP contribution >= 0.6 is 0 Å². The third kappa shape index (κ3) is 3.20. The lowest BCUT2D eigenvalue weighted by molar-refractivity contribution is -0.125. The van der Waals surface area contributed by atoms with E-state index >= 15 is 0 Å². The van der Waals surface area contributed by atoms with Gasteiger partial charge in [0.15, 0.2) is 5.82 Å². The SMILES string of the molecule is NCC1(C(=O)Nc2ccc(=O)[nH]n2)CCCCCC1. The van der Waals surface area contributed by atoms with E-state index in [0.717, 1.165) is 38.5 Å². The van der Waals surface area contributed by atoms with Crippen molar-refractivity contribution in [1.82, 2.24) is 10.2 Å². The van der Waals surface area contributed by atoms with E-state index in [4.69, 9.17) is 5.73 Å². The zero-order chi connectivity index (χ0) is 13.7. The molecule has 1 amide bonds. The van der Waals surface area contributed by atoms with Gasteiger partial charge in [-0.15, -0.1) is 0 Å². The van der Waals surface area contributed by atoms with E-state index in [1.165, 1.54) is 12.1 Å². The second-order valence-corrected chi connectivity index (χ2v) is 5.16. The third-order valence-corrected chi connectivity index (χ3v) is 3.85. The van der Waals surface area contributed by atoms with Crippen molar-refractivity contribution in [2.75, 3.05) is 11.9 Å². The summed E-state index contributed by atoms with van der Waals surface area (Å²) in [5.41, 5.74) is 5.06. The van der Waals surface area contributed by atoms with E-state index in [2.05, 4.69) is 15.5 Å². The number of aromatic amines is 1. The molecule has 0 radical (unpaired) electrons. The molecule has 6 nitrogen and oxygen atoms in total. The predicted octanol–water partition coefficient (Wildman–Crippen LogP) is 1.01. The minimum atomic E-state index is -0.492. The lowest BCUT2D eigenvalue weighted by atomic mass is 9.79. The first-order chi connectivity index (χ1) is 9.16. The number of rotatable bonds is 3. The molecule has 2 rings (SSSR count). The third-order valence-electron chi connectivity index (χ3n) is 3.85. The Morgan fingerprint density at radius 3 is 2.53 bits per heavy atom. The minimum absolute atomic E-state index is 0.0866. The number of carbonyl (C=O) groups excluding carboxylic acids is 1. The van der Waals surface area contributed by atoms with Crippen molar-refractivity contribution in [1.29, 1.82) is 0 Å². The van der Waals surface area contributed by atoms with E-state index in [1.54, 1.807) is 0 Å². The zero-order valence-corrected chi connectivity index (χ0v) is 10.9. The van der Waals surface area contributed by atoms with Crippen molar-refractivity contribution in [2.45, 2.75) is 38.5 Å². The van der Waals surface area contributed by atoms with Crippen LogP contribution in [0.1, 0.15) is 38.5 Å². The Kier molecular flexibility index (Phi) is 4.31. The maximum absolute atomic E-state index is 12.4. The van der Waals surface area contributed by atoms with Crippen molar-refractivity contribution in [3.05, 3.63) is 22.5 Å². The van der Waals surface area contributed by atoms with Gasteiger partial charge in [0.1, 0.15) is 0 Å². The van der Waals surface area contributed by atoms with Gasteiger partial charge in [-0.05, 0) is 18.9 Å². The molecule has 0 atom stereocenters. The fourth-order valence-electron chi connectivity index (χ4n) is 2.59. The molecule has 1 aliphatic carbocycles. The molecule has 4 N–H and O–H groups in total. The molecule has 1 aliphatic rings. The number of hydrogen-bond donors (Lipinski definition) is 3. The number of nitrogens with zero attached hydrogens (tertiary/aromatic N) is 1. The maximum Gasteiger partial charge on any atom is 0.264 e. The first kappa shape index (κ1) is 13.7. The second-order valence-electron chi connectivity index (χ2n) is 5.16. The minimum Gasteiger partial charge on any atom is -0.329 e. The Morgan fingerprint density at radius 2 is 2.00 bits per heavy atom. The van der Waals surface area contributed by atoms with E-state index in [1.807, 2.05) is 0 Å². The van der Waals surface area contributed by atoms with Gasteiger partial charge in [0.25, 0.3) is 5.56 Å². The number of aromatic nitrogens is 2. The Balaban J connectivity index is 2.11. The van der Waals surface area contributed by atoms with E-state index in [0.29, 0.717) is 12.4 Å². The fourth-order valence-corrected chi connectivity index (χ4v) is 2.59. The number of anilines is 1. The van der Waals surface area contributed by atoms with Gasteiger partial charge in [-0.3, -0.25) is 9.59 Å². The molecule has 1 aromatic heterocycles. The van der Waals surface area contributed by atoms with Gasteiger partial charge in [0, 0.05) is 12.6 Å². The summed E-state index contributed by atoms with van der Waals surface area (Å²) in [6.07, 6.45) is 6.02. The van der Waals surface area contributed by atoms with E-state index in [9.17, 15) is 9.59 Å². The van der Waals surface area contributed by atoms with Crippen LogP contribution in [0.15, 0.2) is 16.9 Å². The standard InChI is InChI=1S/C13H20N4O2/c14-9-13(7-3-1-2-4-8-13)12(19)15-10-5-6-11(18)17-16-10/h5-6H,1-4,7-9,14H2,(H,17,18)(H,15,16,19). The van der Waals surface area contributed by atoms with Crippen molar-refractivity contribution < 1.29 is 4.79 Å². The van der Waals surface area contributed by atoms with Crippen LogP contribution in [0.2, 0.25) is 0 Å². The highest BCUT2D eigenvalue weighted by atomic mass is 16.2. The molecule has 6 heteroatoms. The number of amides is 1. The van der Waals surface area contributed by atoms with Gasteiger partial charge < -0.3 is 11.1 Å². The summed E-state index contributed by atoms with van der Waals surface area (Å²) in [5.74, 6) is 0.276. The summed E-state index contributed by atoms with van der Waals surface area (Å²) >= 11 is 0. The smallest absolute Gasteiger partial charge is 0.264 e. The quantitative estimate of drug-likeness (QED) is 0.709. The monoisotopic (exact) mass is 264 g/mol. The molecule has 0 aliphatic heterocycles. The highest BCUT2D eigenvalue weighted by Crippen LogP contribution is 2.35. The van der Waals surface area contributed by atoms with E-state index < -0.39 is 5.41 Å². The Morgan fingerprint density at radius 1 is 1.32 bits per heavy atom. The van der Waals surface area contributed by atoms with Crippen molar-refractivity contribution >= 4 is 11.7 Å². The molecule has 104 valence electrons. The Hall–Kier alpha value is -1.69. The first-order valence-corrected chi connectivity index (χ1v) is 6.74. The summed E-state index contributed by atoms with van der Waals surface area (Å²) in [7, 11) is 0. The number of hydrogen-bond acceptors (Lipinski definition) is 4. The average molecular weight is 264 g/mol. The summed E-state index contributed by atoms with van der Waals surface area (Å²) in [4.78, 5) is 23.4. The van der Waals surface area contributed by atoms with Gasteiger partial charge in [0.2, 0.25) is 5.91 Å². The molecule has 0 bridgehead atoms. The Bertz CT molecular complexity index is 469. The van der Waals surface area contributed by atoms with Gasteiger partial charge in [-0.2, -0.15) is 5.10 Å². The fraction of sp³-hybridized carbons (Fsp3) is 0.615.